The third kappa shape index (κ3) is 2.22. The molecule has 2 aliphatic heterocycles. The van der Waals surface area contributed by atoms with Crippen LogP contribution < -0.4 is 0 Å². The van der Waals surface area contributed by atoms with Crippen molar-refractivity contribution in [2.75, 3.05) is 12.4 Å². The molecule has 94 valence electrons. The summed E-state index contributed by atoms with van der Waals surface area (Å²) in [5.41, 5.74) is 0. The van der Waals surface area contributed by atoms with Gasteiger partial charge in [-0.1, -0.05) is 6.42 Å². The number of aryl methyl sites for hydroxylation is 1. The SMILES string of the molecule is OCC1CCc2nnc(C3CCCCS3)n2C1. The zero-order valence-corrected chi connectivity index (χ0v) is 10.8. The lowest BCUT2D eigenvalue weighted by molar-refractivity contribution is 0.189. The lowest BCUT2D eigenvalue weighted by atomic mass is 10.00. The molecule has 1 fully saturated rings. The van der Waals surface area contributed by atoms with Crippen LogP contribution in [0.5, 0.6) is 0 Å². The largest absolute Gasteiger partial charge is 0.396 e. The number of hydrogen-bond acceptors (Lipinski definition) is 4. The summed E-state index contributed by atoms with van der Waals surface area (Å²) in [6, 6.07) is 0. The first-order valence-corrected chi connectivity index (χ1v) is 7.58. The van der Waals surface area contributed by atoms with Crippen molar-refractivity contribution < 1.29 is 5.11 Å². The van der Waals surface area contributed by atoms with Crippen molar-refractivity contribution in [1.29, 1.82) is 0 Å². The zero-order valence-electron chi connectivity index (χ0n) is 10.0. The van der Waals surface area contributed by atoms with Gasteiger partial charge in [-0.25, -0.2) is 0 Å². The minimum absolute atomic E-state index is 0.287. The van der Waals surface area contributed by atoms with E-state index in [-0.39, 0.29) is 6.61 Å². The molecule has 1 aromatic rings. The Bertz CT molecular complexity index is 387. The Labute approximate surface area is 106 Å². The Morgan fingerprint density at radius 1 is 1.29 bits per heavy atom. The highest BCUT2D eigenvalue weighted by atomic mass is 32.2. The Balaban J connectivity index is 1.83. The molecule has 3 heterocycles. The van der Waals surface area contributed by atoms with Crippen molar-refractivity contribution in [2.45, 2.75) is 43.9 Å². The molecule has 0 spiro atoms. The fourth-order valence-corrected chi connectivity index (χ4v) is 4.06. The first-order chi connectivity index (χ1) is 8.38. The summed E-state index contributed by atoms with van der Waals surface area (Å²) in [5, 5.41) is 18.5. The Morgan fingerprint density at radius 2 is 2.24 bits per heavy atom. The van der Waals surface area contributed by atoms with Crippen molar-refractivity contribution >= 4 is 11.8 Å². The van der Waals surface area contributed by atoms with Gasteiger partial charge in [0.25, 0.3) is 0 Å². The third-order valence-corrected chi connectivity index (χ3v) is 5.17. The van der Waals surface area contributed by atoms with Gasteiger partial charge in [0, 0.05) is 25.5 Å². The predicted molar refractivity (Wildman–Crippen MR) is 68.0 cm³/mol. The van der Waals surface area contributed by atoms with Crippen molar-refractivity contribution in [1.82, 2.24) is 14.8 Å². The van der Waals surface area contributed by atoms with E-state index in [4.69, 9.17) is 0 Å². The Kier molecular flexibility index (Phi) is 3.38. The molecular formula is C12H19N3OS. The summed E-state index contributed by atoms with van der Waals surface area (Å²) in [4.78, 5) is 0. The van der Waals surface area contributed by atoms with Gasteiger partial charge < -0.3 is 9.67 Å². The number of aromatic nitrogens is 3. The highest BCUT2D eigenvalue weighted by molar-refractivity contribution is 7.99. The molecule has 0 bridgehead atoms. The number of aliphatic hydroxyl groups is 1. The molecule has 2 atom stereocenters. The number of nitrogens with zero attached hydrogens (tertiary/aromatic N) is 3. The van der Waals surface area contributed by atoms with Gasteiger partial charge in [0.1, 0.15) is 11.6 Å². The van der Waals surface area contributed by atoms with Crippen molar-refractivity contribution in [2.24, 2.45) is 5.92 Å². The van der Waals surface area contributed by atoms with Gasteiger partial charge in [-0.05, 0) is 25.0 Å². The van der Waals surface area contributed by atoms with Gasteiger partial charge in [0.2, 0.25) is 0 Å². The monoisotopic (exact) mass is 253 g/mol. The standard InChI is InChI=1S/C12H19N3OS/c16-8-9-4-5-11-13-14-12(15(11)7-9)10-3-1-2-6-17-10/h9-10,16H,1-8H2. The molecule has 17 heavy (non-hydrogen) atoms. The summed E-state index contributed by atoms with van der Waals surface area (Å²) in [6.07, 6.45) is 5.89. The van der Waals surface area contributed by atoms with Crippen LogP contribution in [0.2, 0.25) is 0 Å². The van der Waals surface area contributed by atoms with Crippen molar-refractivity contribution in [3.8, 4) is 0 Å². The molecule has 4 nitrogen and oxygen atoms in total. The minimum atomic E-state index is 0.287. The first kappa shape index (κ1) is 11.5. The summed E-state index contributed by atoms with van der Waals surface area (Å²) < 4.78 is 2.27. The van der Waals surface area contributed by atoms with Crippen LogP contribution in [0.15, 0.2) is 0 Å². The molecule has 2 aliphatic rings. The molecule has 3 rings (SSSR count). The fourth-order valence-electron chi connectivity index (χ4n) is 2.75. The maximum atomic E-state index is 9.30. The summed E-state index contributed by atoms with van der Waals surface area (Å²) >= 11 is 2.02. The quantitative estimate of drug-likeness (QED) is 0.873. The molecule has 1 aromatic heterocycles. The number of rotatable bonds is 2. The van der Waals surface area contributed by atoms with Crippen LogP contribution in [0.3, 0.4) is 0 Å². The van der Waals surface area contributed by atoms with E-state index in [2.05, 4.69) is 14.8 Å². The van der Waals surface area contributed by atoms with E-state index in [1.807, 2.05) is 11.8 Å². The molecule has 0 saturated carbocycles. The normalized spacial score (nSPS) is 29.0. The summed E-state index contributed by atoms with van der Waals surface area (Å²) in [6.45, 7) is 1.19. The molecule has 2 unspecified atom stereocenters. The van der Waals surface area contributed by atoms with Crippen LogP contribution in [-0.4, -0.2) is 32.2 Å². The maximum Gasteiger partial charge on any atom is 0.146 e. The molecule has 0 aromatic carbocycles. The Hall–Kier alpha value is -0.550. The number of hydrogen-bond donors (Lipinski definition) is 1. The van der Waals surface area contributed by atoms with Crippen LogP contribution in [0.1, 0.15) is 42.6 Å². The molecule has 5 heteroatoms. The molecule has 0 radical (unpaired) electrons. The molecule has 0 amide bonds. The van der Waals surface area contributed by atoms with E-state index in [1.54, 1.807) is 0 Å². The van der Waals surface area contributed by atoms with Gasteiger partial charge in [-0.15, -0.1) is 10.2 Å². The minimum Gasteiger partial charge on any atom is -0.396 e. The van der Waals surface area contributed by atoms with E-state index in [0.717, 1.165) is 31.0 Å². The number of fused-ring (bicyclic) bond motifs is 1. The fraction of sp³-hybridized carbons (Fsp3) is 0.833. The van der Waals surface area contributed by atoms with Gasteiger partial charge >= 0.3 is 0 Å². The summed E-state index contributed by atoms with van der Waals surface area (Å²) in [5.74, 6) is 3.92. The van der Waals surface area contributed by atoms with Gasteiger partial charge in [-0.2, -0.15) is 11.8 Å². The van der Waals surface area contributed by atoms with Crippen LogP contribution in [-0.2, 0) is 13.0 Å². The highest BCUT2D eigenvalue weighted by Crippen LogP contribution is 2.38. The molecule has 1 N–H and O–H groups in total. The first-order valence-electron chi connectivity index (χ1n) is 6.53. The van der Waals surface area contributed by atoms with Gasteiger partial charge in [0.05, 0.1) is 5.25 Å². The summed E-state index contributed by atoms with van der Waals surface area (Å²) in [7, 11) is 0. The maximum absolute atomic E-state index is 9.30. The number of aliphatic hydroxyl groups excluding tert-OH is 1. The molecule has 1 saturated heterocycles. The van der Waals surface area contributed by atoms with Crippen LogP contribution in [0.4, 0.5) is 0 Å². The predicted octanol–water partition coefficient (Wildman–Crippen LogP) is 1.79. The lowest BCUT2D eigenvalue weighted by Crippen LogP contribution is -2.25. The van der Waals surface area contributed by atoms with Crippen molar-refractivity contribution in [3.05, 3.63) is 11.6 Å². The van der Waals surface area contributed by atoms with Gasteiger partial charge in [0.15, 0.2) is 0 Å². The van der Waals surface area contributed by atoms with E-state index >= 15 is 0 Å². The topological polar surface area (TPSA) is 50.9 Å². The van der Waals surface area contributed by atoms with Gasteiger partial charge in [-0.3, -0.25) is 0 Å². The van der Waals surface area contributed by atoms with Crippen LogP contribution in [0.25, 0.3) is 0 Å². The second kappa shape index (κ2) is 4.98. The smallest absolute Gasteiger partial charge is 0.146 e. The second-order valence-electron chi connectivity index (χ2n) is 5.03. The molecular weight excluding hydrogens is 234 g/mol. The Morgan fingerprint density at radius 3 is 3.00 bits per heavy atom. The number of thioether (sulfide) groups is 1. The average molecular weight is 253 g/mol. The van der Waals surface area contributed by atoms with E-state index in [1.165, 1.54) is 25.0 Å². The van der Waals surface area contributed by atoms with Crippen LogP contribution >= 0.6 is 11.8 Å². The highest BCUT2D eigenvalue weighted by Gasteiger charge is 2.27. The van der Waals surface area contributed by atoms with Crippen molar-refractivity contribution in [3.63, 3.8) is 0 Å². The lowest BCUT2D eigenvalue weighted by Gasteiger charge is -2.26. The average Bonchev–Trinajstić information content (AvgIpc) is 2.82. The van der Waals surface area contributed by atoms with Crippen LogP contribution in [0, 0.1) is 5.92 Å². The third-order valence-electron chi connectivity index (χ3n) is 3.80. The van der Waals surface area contributed by atoms with E-state index in [0.29, 0.717) is 11.2 Å². The zero-order chi connectivity index (χ0) is 11.7. The van der Waals surface area contributed by atoms with E-state index < -0.39 is 0 Å². The second-order valence-corrected chi connectivity index (χ2v) is 6.34. The molecule has 0 aliphatic carbocycles. The van der Waals surface area contributed by atoms with E-state index in [9.17, 15) is 5.11 Å².